The number of hydrogen-bond donors (Lipinski definition) is 0. The molecule has 0 bridgehead atoms. The first-order valence-corrected chi connectivity index (χ1v) is 20.1. The number of rotatable bonds is 7. The highest BCUT2D eigenvalue weighted by molar-refractivity contribution is 6.17. The van der Waals surface area contributed by atoms with Crippen LogP contribution in [0, 0.1) is 0 Å². The molecule has 0 unspecified atom stereocenters. The third kappa shape index (κ3) is 5.12. The third-order valence-electron chi connectivity index (χ3n) is 12.5. The monoisotopic (exact) mass is 734 g/mol. The molecule has 3 nitrogen and oxygen atoms in total. The third-order valence-corrected chi connectivity index (χ3v) is 12.5. The van der Waals surface area contributed by atoms with Crippen LogP contribution < -0.4 is 0 Å². The number of methoxy groups -OCH3 is 1. The van der Waals surface area contributed by atoms with Gasteiger partial charge in [0.25, 0.3) is 0 Å². The molecule has 0 radical (unpaired) electrons. The molecule has 3 heteroatoms. The second-order valence-electron chi connectivity index (χ2n) is 15.6. The van der Waals surface area contributed by atoms with Crippen LogP contribution in [-0.2, 0) is 30.4 Å². The van der Waals surface area contributed by atoms with Gasteiger partial charge in [-0.05, 0) is 155 Å². The van der Waals surface area contributed by atoms with Crippen LogP contribution in [0.2, 0.25) is 0 Å². The van der Waals surface area contributed by atoms with E-state index in [9.17, 15) is 0 Å². The van der Waals surface area contributed by atoms with E-state index in [2.05, 4.69) is 167 Å². The molecule has 0 spiro atoms. The highest BCUT2D eigenvalue weighted by atomic mass is 16.5. The standard InChI is InChI=1S/C54H42N2O/c1-4-14-36(29-34(2)57-3)38-24-28-50-46(31-38)48-33-40-22-21-39-32-47-45-30-37(35-15-8-5-9-16-35)23-27-49(45)55(41-17-10-6-11-18-41)53(47)43-25-26-44(52(40)51(39)43)54(48)56(50)42-19-12-7-13-20-42/h4-20,23-24,27-33H,1,21-22,25-26H2,2-3H3/b34-29+,36-14+. The first-order valence-electron chi connectivity index (χ1n) is 20.1. The summed E-state index contributed by atoms with van der Waals surface area (Å²) in [5.41, 5.74) is 21.1. The molecule has 0 amide bonds. The van der Waals surface area contributed by atoms with Crippen LogP contribution in [0.4, 0.5) is 0 Å². The zero-order valence-corrected chi connectivity index (χ0v) is 32.3. The maximum absolute atomic E-state index is 5.57. The molecule has 2 aliphatic carbocycles. The normalized spacial score (nSPS) is 13.8. The lowest BCUT2D eigenvalue weighted by molar-refractivity contribution is 0.294. The van der Waals surface area contributed by atoms with E-state index in [1.165, 1.54) is 99.5 Å². The van der Waals surface area contributed by atoms with Gasteiger partial charge < -0.3 is 13.9 Å². The number of nitrogens with zero attached hydrogens (tertiary/aromatic N) is 2. The first kappa shape index (κ1) is 33.5. The molecule has 0 fully saturated rings. The second kappa shape index (κ2) is 13.1. The van der Waals surface area contributed by atoms with Crippen LogP contribution in [0.25, 0.3) is 82.8 Å². The summed E-state index contributed by atoms with van der Waals surface area (Å²) in [6, 6.07) is 51.8. The average molecular weight is 735 g/mol. The summed E-state index contributed by atoms with van der Waals surface area (Å²) in [4.78, 5) is 0. The zero-order valence-electron chi connectivity index (χ0n) is 32.3. The smallest absolute Gasteiger partial charge is 0.0930 e. The van der Waals surface area contributed by atoms with Crippen LogP contribution in [0.1, 0.15) is 34.7 Å². The number of aryl methyl sites for hydroxylation is 4. The Morgan fingerprint density at radius 3 is 1.63 bits per heavy atom. The van der Waals surface area contributed by atoms with Crippen molar-refractivity contribution in [2.45, 2.75) is 32.6 Å². The molecule has 274 valence electrons. The van der Waals surface area contributed by atoms with Gasteiger partial charge in [0, 0.05) is 32.9 Å². The molecule has 57 heavy (non-hydrogen) atoms. The number of hydrogen-bond acceptors (Lipinski definition) is 1. The molecule has 2 aliphatic rings. The molecular weight excluding hydrogens is 693 g/mol. The fourth-order valence-electron chi connectivity index (χ4n) is 9.97. The zero-order chi connectivity index (χ0) is 38.2. The molecule has 2 heterocycles. The Morgan fingerprint density at radius 1 is 0.561 bits per heavy atom. The van der Waals surface area contributed by atoms with Crippen molar-refractivity contribution in [1.82, 2.24) is 9.13 Å². The predicted octanol–water partition coefficient (Wildman–Crippen LogP) is 13.5. The Morgan fingerprint density at radius 2 is 1.09 bits per heavy atom. The number of benzene rings is 7. The summed E-state index contributed by atoms with van der Waals surface area (Å²) in [7, 11) is 1.72. The van der Waals surface area contributed by atoms with Crippen molar-refractivity contribution in [1.29, 1.82) is 0 Å². The lowest BCUT2D eigenvalue weighted by atomic mass is 9.74. The molecule has 0 saturated heterocycles. The van der Waals surface area contributed by atoms with Crippen molar-refractivity contribution in [3.05, 3.63) is 198 Å². The summed E-state index contributed by atoms with van der Waals surface area (Å²) in [6.45, 7) is 6.02. The largest absolute Gasteiger partial charge is 0.501 e. The van der Waals surface area contributed by atoms with Gasteiger partial charge in [0.05, 0.1) is 34.9 Å². The van der Waals surface area contributed by atoms with Crippen LogP contribution in [-0.4, -0.2) is 16.2 Å². The van der Waals surface area contributed by atoms with Crippen molar-refractivity contribution < 1.29 is 4.74 Å². The Kier molecular flexibility index (Phi) is 7.72. The van der Waals surface area contributed by atoms with Crippen molar-refractivity contribution in [3.63, 3.8) is 0 Å². The number of allylic oxidation sites excluding steroid dienone is 5. The number of ether oxygens (including phenoxy) is 1. The van der Waals surface area contributed by atoms with Gasteiger partial charge in [-0.1, -0.05) is 97.6 Å². The Bertz CT molecular complexity index is 3160. The Labute approximate surface area is 333 Å². The van der Waals surface area contributed by atoms with Crippen molar-refractivity contribution in [3.8, 4) is 33.6 Å². The lowest BCUT2D eigenvalue weighted by Gasteiger charge is -2.31. The number of aromatic nitrogens is 2. The molecule has 0 atom stereocenters. The SMILES string of the molecule is C=C/C=C(\C=C(/C)OC)c1ccc2c(c1)c1cc3c4c(c1n2-c1ccccc1)CCc1c-4c(cc2c4cc(-c5ccccc5)ccc4n(-c4ccccc4)c12)CC3. The summed E-state index contributed by atoms with van der Waals surface area (Å²) in [5.74, 6) is 0.861. The van der Waals surface area contributed by atoms with E-state index in [1.54, 1.807) is 7.11 Å². The topological polar surface area (TPSA) is 19.1 Å². The van der Waals surface area contributed by atoms with E-state index >= 15 is 0 Å². The van der Waals surface area contributed by atoms with E-state index in [-0.39, 0.29) is 0 Å². The van der Waals surface area contributed by atoms with Gasteiger partial charge in [-0.25, -0.2) is 0 Å². The van der Waals surface area contributed by atoms with Crippen LogP contribution in [0.5, 0.6) is 0 Å². The van der Waals surface area contributed by atoms with Gasteiger partial charge in [-0.15, -0.1) is 0 Å². The Balaban J connectivity index is 1.21. The van der Waals surface area contributed by atoms with Crippen LogP contribution in [0.15, 0.2) is 170 Å². The summed E-state index contributed by atoms with van der Waals surface area (Å²) >= 11 is 0. The average Bonchev–Trinajstić information content (AvgIpc) is 3.78. The highest BCUT2D eigenvalue weighted by Crippen LogP contribution is 2.51. The van der Waals surface area contributed by atoms with Gasteiger partial charge in [0.15, 0.2) is 0 Å². The van der Waals surface area contributed by atoms with E-state index in [0.29, 0.717) is 0 Å². The van der Waals surface area contributed by atoms with Gasteiger partial charge in [-0.2, -0.15) is 0 Å². The van der Waals surface area contributed by atoms with Gasteiger partial charge in [-0.3, -0.25) is 0 Å². The molecule has 0 saturated carbocycles. The lowest BCUT2D eigenvalue weighted by Crippen LogP contribution is -2.16. The molecular formula is C54H42N2O. The highest BCUT2D eigenvalue weighted by Gasteiger charge is 2.33. The van der Waals surface area contributed by atoms with Crippen molar-refractivity contribution in [2.75, 3.05) is 7.11 Å². The van der Waals surface area contributed by atoms with Crippen molar-refractivity contribution in [2.24, 2.45) is 0 Å². The summed E-state index contributed by atoms with van der Waals surface area (Å²) in [6.07, 6.45) is 10.0. The van der Waals surface area contributed by atoms with Crippen molar-refractivity contribution >= 4 is 49.2 Å². The van der Waals surface area contributed by atoms with E-state index in [4.69, 9.17) is 4.74 Å². The van der Waals surface area contributed by atoms with Crippen LogP contribution >= 0.6 is 0 Å². The molecule has 11 rings (SSSR count). The van der Waals surface area contributed by atoms with Gasteiger partial charge in [0.2, 0.25) is 0 Å². The van der Waals surface area contributed by atoms with E-state index in [0.717, 1.165) is 42.6 Å². The van der Waals surface area contributed by atoms with E-state index in [1.807, 2.05) is 13.0 Å². The first-order chi connectivity index (χ1) is 28.1. The minimum absolute atomic E-state index is 0.861. The number of para-hydroxylation sites is 2. The molecule has 9 aromatic rings. The fourth-order valence-corrected chi connectivity index (χ4v) is 9.97. The number of fused-ring (bicyclic) bond motifs is 8. The minimum atomic E-state index is 0.861. The van der Waals surface area contributed by atoms with Gasteiger partial charge >= 0.3 is 0 Å². The van der Waals surface area contributed by atoms with Crippen LogP contribution in [0.3, 0.4) is 0 Å². The molecule has 0 N–H and O–H groups in total. The fraction of sp³-hybridized carbons (Fsp3) is 0.111. The molecule has 7 aromatic carbocycles. The molecule has 0 aliphatic heterocycles. The maximum Gasteiger partial charge on any atom is 0.0930 e. The summed E-state index contributed by atoms with van der Waals surface area (Å²) in [5, 5.41) is 5.28. The minimum Gasteiger partial charge on any atom is -0.501 e. The summed E-state index contributed by atoms with van der Waals surface area (Å²) < 4.78 is 10.6. The Hall–Kier alpha value is -6.84. The maximum atomic E-state index is 5.57. The van der Waals surface area contributed by atoms with E-state index < -0.39 is 0 Å². The predicted molar refractivity (Wildman–Crippen MR) is 240 cm³/mol. The quantitative estimate of drug-likeness (QED) is 0.118. The molecule has 2 aromatic heterocycles. The second-order valence-corrected chi connectivity index (χ2v) is 15.6. The van der Waals surface area contributed by atoms with Gasteiger partial charge in [0.1, 0.15) is 0 Å².